The van der Waals surface area contributed by atoms with E-state index in [0.717, 1.165) is 12.3 Å². The predicted octanol–water partition coefficient (Wildman–Crippen LogP) is 7.33. The molecular weight excluding hydrogens is 228 g/mol. The van der Waals surface area contributed by atoms with Gasteiger partial charge in [0.25, 0.3) is 0 Å². The van der Waals surface area contributed by atoms with Gasteiger partial charge in [0.05, 0.1) is 0 Å². The van der Waals surface area contributed by atoms with Gasteiger partial charge in [-0.3, -0.25) is 0 Å². The molecule has 1 radical (unpaired) electrons. The molecule has 0 bridgehead atoms. The summed E-state index contributed by atoms with van der Waals surface area (Å²) < 4.78 is 0. The van der Waals surface area contributed by atoms with E-state index >= 15 is 0 Å². The summed E-state index contributed by atoms with van der Waals surface area (Å²) in [4.78, 5) is 0. The minimum absolute atomic E-state index is 0.840. The van der Waals surface area contributed by atoms with Crippen molar-refractivity contribution in [1.29, 1.82) is 0 Å². The van der Waals surface area contributed by atoms with Crippen LogP contribution in [0, 0.1) is 12.8 Å². The molecule has 0 aliphatic heterocycles. The Morgan fingerprint density at radius 1 is 0.632 bits per heavy atom. The Bertz CT molecular complexity index is 150. The molecule has 0 aliphatic carbocycles. The second kappa shape index (κ2) is 16.1. The fourth-order valence-electron chi connectivity index (χ4n) is 2.65. The summed E-state index contributed by atoms with van der Waals surface area (Å²) >= 11 is 0. The van der Waals surface area contributed by atoms with E-state index in [1.807, 2.05) is 0 Å². The first kappa shape index (κ1) is 19.0. The molecule has 0 amide bonds. The van der Waals surface area contributed by atoms with Gasteiger partial charge in [0.1, 0.15) is 0 Å². The van der Waals surface area contributed by atoms with Gasteiger partial charge in [0.2, 0.25) is 0 Å². The molecule has 1 unspecified atom stereocenters. The minimum atomic E-state index is 0.840. The Labute approximate surface area is 123 Å². The van der Waals surface area contributed by atoms with Gasteiger partial charge in [-0.15, -0.1) is 0 Å². The molecule has 0 nitrogen and oxygen atoms in total. The number of rotatable bonds is 15. The third-order valence-corrected chi connectivity index (χ3v) is 4.29. The van der Waals surface area contributed by atoms with Crippen molar-refractivity contribution < 1.29 is 0 Å². The third-order valence-electron chi connectivity index (χ3n) is 4.29. The standard InChI is InChI=1S/C19H39/c1-4-6-7-8-9-10-11-12-13-14-15-16-17-18-19(3)5-2/h19H,2,4-18H2,1,3H3. The van der Waals surface area contributed by atoms with Crippen molar-refractivity contribution in [3.8, 4) is 0 Å². The zero-order valence-corrected chi connectivity index (χ0v) is 13.9. The van der Waals surface area contributed by atoms with Crippen molar-refractivity contribution in [2.24, 2.45) is 5.92 Å². The Kier molecular flexibility index (Phi) is 16.1. The summed E-state index contributed by atoms with van der Waals surface area (Å²) in [6.07, 6.45) is 21.4. The molecule has 1 atom stereocenters. The highest BCUT2D eigenvalue weighted by atomic mass is 14.0. The van der Waals surface area contributed by atoms with Gasteiger partial charge < -0.3 is 0 Å². The van der Waals surface area contributed by atoms with Crippen LogP contribution in [0.4, 0.5) is 0 Å². The molecule has 0 saturated carbocycles. The Hall–Kier alpha value is 0. The van der Waals surface area contributed by atoms with Crippen LogP contribution in [0.15, 0.2) is 0 Å². The van der Waals surface area contributed by atoms with Crippen LogP contribution in [0.2, 0.25) is 0 Å². The van der Waals surface area contributed by atoms with Crippen molar-refractivity contribution in [1.82, 2.24) is 0 Å². The van der Waals surface area contributed by atoms with E-state index < -0.39 is 0 Å². The molecule has 0 N–H and O–H groups in total. The average molecular weight is 268 g/mol. The molecule has 0 heteroatoms. The molecule has 0 aromatic carbocycles. The van der Waals surface area contributed by atoms with Gasteiger partial charge >= 0.3 is 0 Å². The van der Waals surface area contributed by atoms with E-state index in [2.05, 4.69) is 20.8 Å². The maximum Gasteiger partial charge on any atom is -0.0443 e. The molecule has 0 saturated heterocycles. The monoisotopic (exact) mass is 267 g/mol. The molecule has 0 aromatic rings. The van der Waals surface area contributed by atoms with Crippen LogP contribution in [-0.4, -0.2) is 0 Å². The molecule has 0 aromatic heterocycles. The maximum absolute atomic E-state index is 3.97. The van der Waals surface area contributed by atoms with E-state index in [1.54, 1.807) is 0 Å². The van der Waals surface area contributed by atoms with Crippen LogP contribution in [-0.2, 0) is 0 Å². The van der Waals surface area contributed by atoms with Gasteiger partial charge in [-0.25, -0.2) is 0 Å². The lowest BCUT2D eigenvalue weighted by Crippen LogP contribution is -1.91. The topological polar surface area (TPSA) is 0 Å². The fourth-order valence-corrected chi connectivity index (χ4v) is 2.65. The Morgan fingerprint density at radius 2 is 1.00 bits per heavy atom. The second-order valence-corrected chi connectivity index (χ2v) is 6.43. The van der Waals surface area contributed by atoms with Crippen molar-refractivity contribution >= 4 is 0 Å². The summed E-state index contributed by atoms with van der Waals surface area (Å²) in [6, 6.07) is 0. The van der Waals surface area contributed by atoms with E-state index in [-0.39, 0.29) is 0 Å². The van der Waals surface area contributed by atoms with Gasteiger partial charge in [-0.05, 0) is 5.92 Å². The first-order valence-electron chi connectivity index (χ1n) is 9.10. The summed E-state index contributed by atoms with van der Waals surface area (Å²) in [5, 5.41) is 0. The SMILES string of the molecule is [CH2]CC(C)CCCCCCCCCCCCCCC. The second-order valence-electron chi connectivity index (χ2n) is 6.43. The van der Waals surface area contributed by atoms with Crippen LogP contribution in [0.5, 0.6) is 0 Å². The fraction of sp³-hybridized carbons (Fsp3) is 0.947. The molecule has 19 heavy (non-hydrogen) atoms. The van der Waals surface area contributed by atoms with Crippen LogP contribution in [0.3, 0.4) is 0 Å². The average Bonchev–Trinajstić information content (AvgIpc) is 2.43. The predicted molar refractivity (Wildman–Crippen MR) is 89.5 cm³/mol. The first-order valence-corrected chi connectivity index (χ1v) is 9.10. The Morgan fingerprint density at radius 3 is 1.37 bits per heavy atom. The Balaban J connectivity index is 2.95. The largest absolute Gasteiger partial charge is 0.0654 e. The van der Waals surface area contributed by atoms with Crippen molar-refractivity contribution in [3.05, 3.63) is 6.92 Å². The van der Waals surface area contributed by atoms with Gasteiger partial charge in [-0.2, -0.15) is 0 Å². The van der Waals surface area contributed by atoms with Crippen LogP contribution >= 0.6 is 0 Å². The maximum atomic E-state index is 3.97. The van der Waals surface area contributed by atoms with E-state index in [0.29, 0.717) is 0 Å². The van der Waals surface area contributed by atoms with Gasteiger partial charge in [0, 0.05) is 0 Å². The first-order chi connectivity index (χ1) is 9.31. The molecule has 0 aliphatic rings. The van der Waals surface area contributed by atoms with Crippen molar-refractivity contribution in [2.45, 2.75) is 110 Å². The third kappa shape index (κ3) is 15.9. The number of hydrogen-bond donors (Lipinski definition) is 0. The molecule has 0 rings (SSSR count). The zero-order chi connectivity index (χ0) is 14.2. The molecular formula is C19H39. The quantitative estimate of drug-likeness (QED) is 0.272. The summed E-state index contributed by atoms with van der Waals surface area (Å²) in [5.41, 5.74) is 0. The zero-order valence-electron chi connectivity index (χ0n) is 13.9. The lowest BCUT2D eigenvalue weighted by atomic mass is 9.99. The highest BCUT2D eigenvalue weighted by molar-refractivity contribution is 4.55. The van der Waals surface area contributed by atoms with Gasteiger partial charge in [0.15, 0.2) is 0 Å². The lowest BCUT2D eigenvalue weighted by molar-refractivity contribution is 0.481. The van der Waals surface area contributed by atoms with Gasteiger partial charge in [-0.1, -0.05) is 117 Å². The summed E-state index contributed by atoms with van der Waals surface area (Å²) in [5.74, 6) is 0.840. The van der Waals surface area contributed by atoms with Crippen LogP contribution in [0.25, 0.3) is 0 Å². The molecule has 0 spiro atoms. The summed E-state index contributed by atoms with van der Waals surface area (Å²) in [6.45, 7) is 8.58. The summed E-state index contributed by atoms with van der Waals surface area (Å²) in [7, 11) is 0. The van der Waals surface area contributed by atoms with Crippen LogP contribution < -0.4 is 0 Å². The minimum Gasteiger partial charge on any atom is -0.0654 e. The smallest absolute Gasteiger partial charge is 0.0443 e. The highest BCUT2D eigenvalue weighted by Crippen LogP contribution is 2.15. The molecule has 115 valence electrons. The molecule has 0 heterocycles. The number of unbranched alkanes of at least 4 members (excludes halogenated alkanes) is 12. The normalized spacial score (nSPS) is 12.8. The van der Waals surface area contributed by atoms with E-state index in [9.17, 15) is 0 Å². The van der Waals surface area contributed by atoms with E-state index in [1.165, 1.54) is 89.9 Å². The van der Waals surface area contributed by atoms with Crippen LogP contribution in [0.1, 0.15) is 110 Å². The van der Waals surface area contributed by atoms with Crippen molar-refractivity contribution in [2.75, 3.05) is 0 Å². The van der Waals surface area contributed by atoms with E-state index in [4.69, 9.17) is 0 Å². The molecule has 0 fully saturated rings. The number of hydrogen-bond acceptors (Lipinski definition) is 0. The highest BCUT2D eigenvalue weighted by Gasteiger charge is 1.98. The van der Waals surface area contributed by atoms with Crippen molar-refractivity contribution in [3.63, 3.8) is 0 Å². The lowest BCUT2D eigenvalue weighted by Gasteiger charge is -2.07.